The number of aromatic nitrogens is 3. The first-order valence-corrected chi connectivity index (χ1v) is 9.40. The molecule has 0 unspecified atom stereocenters. The number of para-hydroxylation sites is 2. The summed E-state index contributed by atoms with van der Waals surface area (Å²) in [5.41, 5.74) is 3.35. The first kappa shape index (κ1) is 17.7. The molecule has 0 aliphatic carbocycles. The molecule has 25 heavy (non-hydrogen) atoms. The lowest BCUT2D eigenvalue weighted by atomic mass is 10.2. The highest BCUT2D eigenvalue weighted by atomic mass is 32.2. The smallest absolute Gasteiger partial charge is 0.322 e. The second-order valence-electron chi connectivity index (χ2n) is 5.62. The van der Waals surface area contributed by atoms with Crippen LogP contribution in [0.4, 0.5) is 0 Å². The third-order valence-electron chi connectivity index (χ3n) is 3.86. The van der Waals surface area contributed by atoms with Gasteiger partial charge in [-0.15, -0.1) is 0 Å². The second-order valence-corrected chi connectivity index (χ2v) is 6.99. The van der Waals surface area contributed by atoms with Gasteiger partial charge in [-0.2, -0.15) is 4.98 Å². The summed E-state index contributed by atoms with van der Waals surface area (Å²) < 4.78 is 23.5. The largest absolute Gasteiger partial charge is 0.609 e. The van der Waals surface area contributed by atoms with Crippen molar-refractivity contribution in [2.24, 2.45) is 0 Å². The van der Waals surface area contributed by atoms with E-state index < -0.39 is 11.2 Å². The van der Waals surface area contributed by atoms with E-state index in [0.29, 0.717) is 24.1 Å². The molecule has 1 N–H and O–H groups in total. The Labute approximate surface area is 149 Å². The highest BCUT2D eigenvalue weighted by Gasteiger charge is 2.20. The van der Waals surface area contributed by atoms with Crippen LogP contribution in [0, 0.1) is 6.92 Å². The molecule has 2 heterocycles. The van der Waals surface area contributed by atoms with E-state index in [1.165, 1.54) is 0 Å². The van der Waals surface area contributed by atoms with Gasteiger partial charge in [-0.1, -0.05) is 12.1 Å². The standard InChI is InChI=1S/C18H21N3O3S/c1-13-16(19-9-8-17(13)24-11-5-10-23-2)12-25(22)18-20-14-6-3-4-7-15(14)21-18/h3-4,6-9H,5,10-12H2,1-2H3,(H,20,21)/t25-/m1/s1. The van der Waals surface area contributed by atoms with Gasteiger partial charge in [-0.3, -0.25) is 9.97 Å². The number of rotatable bonds is 8. The lowest BCUT2D eigenvalue weighted by molar-refractivity contribution is 0.172. The minimum atomic E-state index is -1.30. The first-order chi connectivity index (χ1) is 12.2. The summed E-state index contributed by atoms with van der Waals surface area (Å²) in [4.78, 5) is 11.9. The summed E-state index contributed by atoms with van der Waals surface area (Å²) in [6.07, 6.45) is 2.50. The van der Waals surface area contributed by atoms with Gasteiger partial charge in [0.05, 0.1) is 23.3 Å². The van der Waals surface area contributed by atoms with Gasteiger partial charge in [0, 0.05) is 43.1 Å². The van der Waals surface area contributed by atoms with Crippen molar-refractivity contribution in [1.29, 1.82) is 0 Å². The zero-order chi connectivity index (χ0) is 17.6. The van der Waals surface area contributed by atoms with Gasteiger partial charge < -0.3 is 14.0 Å². The van der Waals surface area contributed by atoms with Crippen molar-refractivity contribution in [3.8, 4) is 5.75 Å². The van der Waals surface area contributed by atoms with Gasteiger partial charge >= 0.3 is 5.16 Å². The molecule has 3 rings (SSSR count). The number of hydrogen-bond donors (Lipinski definition) is 1. The fourth-order valence-electron chi connectivity index (χ4n) is 2.48. The topological polar surface area (TPSA) is 83.1 Å². The highest BCUT2D eigenvalue weighted by molar-refractivity contribution is 7.90. The van der Waals surface area contributed by atoms with Crippen LogP contribution in [-0.4, -0.2) is 39.8 Å². The lowest BCUT2D eigenvalue weighted by Gasteiger charge is -2.12. The van der Waals surface area contributed by atoms with Gasteiger partial charge in [-0.25, -0.2) is 0 Å². The molecule has 0 saturated carbocycles. The van der Waals surface area contributed by atoms with Crippen LogP contribution >= 0.6 is 0 Å². The van der Waals surface area contributed by atoms with E-state index in [9.17, 15) is 4.55 Å². The number of fused-ring (bicyclic) bond motifs is 1. The minimum Gasteiger partial charge on any atom is -0.609 e. The number of methoxy groups -OCH3 is 1. The molecule has 3 aromatic rings. The average molecular weight is 359 g/mol. The molecule has 132 valence electrons. The van der Waals surface area contributed by atoms with Gasteiger partial charge in [0.25, 0.3) is 0 Å². The molecular weight excluding hydrogens is 338 g/mol. The van der Waals surface area contributed by atoms with E-state index in [0.717, 1.165) is 34.5 Å². The monoisotopic (exact) mass is 359 g/mol. The van der Waals surface area contributed by atoms with E-state index in [1.807, 2.05) is 37.3 Å². The summed E-state index contributed by atoms with van der Waals surface area (Å²) in [6.45, 7) is 3.17. The van der Waals surface area contributed by atoms with E-state index in [-0.39, 0.29) is 0 Å². The molecule has 7 heteroatoms. The Kier molecular flexibility index (Phi) is 5.91. The molecule has 0 fully saturated rings. The van der Waals surface area contributed by atoms with Crippen molar-refractivity contribution in [2.75, 3.05) is 20.3 Å². The van der Waals surface area contributed by atoms with E-state index in [4.69, 9.17) is 9.47 Å². The van der Waals surface area contributed by atoms with Crippen LogP contribution in [0.25, 0.3) is 11.0 Å². The lowest BCUT2D eigenvalue weighted by Crippen LogP contribution is -2.10. The number of aromatic amines is 1. The van der Waals surface area contributed by atoms with Gasteiger partial charge in [0.1, 0.15) is 5.75 Å². The minimum absolute atomic E-state index is 0.293. The van der Waals surface area contributed by atoms with Crippen LogP contribution in [0.5, 0.6) is 5.75 Å². The van der Waals surface area contributed by atoms with Crippen LogP contribution in [0.2, 0.25) is 0 Å². The fourth-order valence-corrected chi connectivity index (χ4v) is 3.58. The molecule has 2 aromatic heterocycles. The van der Waals surface area contributed by atoms with Crippen molar-refractivity contribution in [2.45, 2.75) is 24.3 Å². The zero-order valence-corrected chi connectivity index (χ0v) is 15.1. The molecule has 6 nitrogen and oxygen atoms in total. The Hall–Kier alpha value is -2.09. The van der Waals surface area contributed by atoms with Crippen LogP contribution in [0.1, 0.15) is 17.7 Å². The Morgan fingerprint density at radius 1 is 1.20 bits per heavy atom. The third kappa shape index (κ3) is 4.31. The first-order valence-electron chi connectivity index (χ1n) is 8.08. The van der Waals surface area contributed by atoms with Crippen molar-refractivity contribution in [3.63, 3.8) is 0 Å². The summed E-state index contributed by atoms with van der Waals surface area (Å²) >= 11 is -1.30. The summed E-state index contributed by atoms with van der Waals surface area (Å²) in [7, 11) is 1.67. The maximum absolute atomic E-state index is 12.7. The predicted octanol–water partition coefficient (Wildman–Crippen LogP) is 2.99. The maximum atomic E-state index is 12.7. The maximum Gasteiger partial charge on any atom is 0.322 e. The highest BCUT2D eigenvalue weighted by Crippen LogP contribution is 2.24. The summed E-state index contributed by atoms with van der Waals surface area (Å²) in [5.74, 6) is 1.06. The second kappa shape index (κ2) is 8.33. The SMILES string of the molecule is COCCCOc1ccnc(C[S@@+]([O-])c2nc3ccccc3[nH]2)c1C. The number of H-pyrrole nitrogens is 1. The Bertz CT molecular complexity index is 804. The summed E-state index contributed by atoms with van der Waals surface area (Å²) in [5, 5.41) is 0.466. The van der Waals surface area contributed by atoms with Crippen LogP contribution in [0.15, 0.2) is 41.7 Å². The molecule has 0 aliphatic rings. The van der Waals surface area contributed by atoms with Crippen molar-refractivity contribution in [3.05, 3.63) is 47.8 Å². The van der Waals surface area contributed by atoms with Crippen LogP contribution in [-0.2, 0) is 21.7 Å². The molecule has 1 aromatic carbocycles. The number of nitrogens with zero attached hydrogens (tertiary/aromatic N) is 2. The van der Waals surface area contributed by atoms with Crippen molar-refractivity contribution in [1.82, 2.24) is 15.0 Å². The molecule has 0 aliphatic heterocycles. The molecule has 1 atom stereocenters. The van der Waals surface area contributed by atoms with Crippen LogP contribution in [0.3, 0.4) is 0 Å². The number of nitrogens with one attached hydrogen (secondary N) is 1. The molecule has 0 saturated heterocycles. The van der Waals surface area contributed by atoms with Crippen LogP contribution < -0.4 is 4.74 Å². The molecule has 0 spiro atoms. The molecular formula is C18H21N3O3S. The number of hydrogen-bond acceptors (Lipinski definition) is 5. The normalized spacial score (nSPS) is 12.4. The zero-order valence-electron chi connectivity index (χ0n) is 14.3. The summed E-state index contributed by atoms with van der Waals surface area (Å²) in [6, 6.07) is 9.47. The van der Waals surface area contributed by atoms with Crippen molar-refractivity contribution >= 4 is 22.2 Å². The Morgan fingerprint density at radius 2 is 2.04 bits per heavy atom. The Balaban J connectivity index is 1.71. The third-order valence-corrected chi connectivity index (χ3v) is 5.02. The van der Waals surface area contributed by atoms with Gasteiger partial charge in [-0.05, 0) is 25.1 Å². The Morgan fingerprint density at radius 3 is 2.84 bits per heavy atom. The number of pyridine rings is 1. The number of benzene rings is 1. The quantitative estimate of drug-likeness (QED) is 0.494. The molecule has 0 amide bonds. The number of ether oxygens (including phenoxy) is 2. The van der Waals surface area contributed by atoms with Gasteiger partial charge in [0.15, 0.2) is 5.75 Å². The van der Waals surface area contributed by atoms with E-state index >= 15 is 0 Å². The van der Waals surface area contributed by atoms with Crippen molar-refractivity contribution < 1.29 is 14.0 Å². The molecule has 0 radical (unpaired) electrons. The molecule has 0 bridgehead atoms. The number of imidazole rings is 1. The predicted molar refractivity (Wildman–Crippen MR) is 97.2 cm³/mol. The fraction of sp³-hybridized carbons (Fsp3) is 0.333. The van der Waals surface area contributed by atoms with E-state index in [2.05, 4.69) is 15.0 Å². The van der Waals surface area contributed by atoms with E-state index in [1.54, 1.807) is 13.3 Å². The van der Waals surface area contributed by atoms with Gasteiger partial charge in [0.2, 0.25) is 0 Å². The average Bonchev–Trinajstić information content (AvgIpc) is 3.06.